The minimum Gasteiger partial charge on any atom is -0.490 e. The van der Waals surface area contributed by atoms with Gasteiger partial charge >= 0.3 is 5.69 Å². The Bertz CT molecular complexity index is 685. The van der Waals surface area contributed by atoms with Crippen LogP contribution in [-0.4, -0.2) is 33.0 Å². The summed E-state index contributed by atoms with van der Waals surface area (Å²) in [4.78, 5) is 22.2. The van der Waals surface area contributed by atoms with E-state index in [1.807, 2.05) is 6.92 Å². The summed E-state index contributed by atoms with van der Waals surface area (Å²) in [6.45, 7) is 1.83. The maximum atomic E-state index is 11.8. The van der Waals surface area contributed by atoms with Gasteiger partial charge in [0, 0.05) is 18.2 Å². The summed E-state index contributed by atoms with van der Waals surface area (Å²) >= 11 is 22.7. The van der Waals surface area contributed by atoms with Crippen LogP contribution in [0.2, 0.25) is 0 Å². The average Bonchev–Trinajstić information content (AvgIpc) is 2.53. The van der Waals surface area contributed by atoms with Crippen LogP contribution in [0.5, 0.6) is 5.75 Å². The van der Waals surface area contributed by atoms with Crippen molar-refractivity contribution < 1.29 is 14.5 Å². The molecule has 3 N–H and O–H groups in total. The standard InChI is InChI=1S/C14H17Cl3N4O4S/c1-3-4-11(22)19-12(14(15,16)17)20-13(26)18-8-5-6-10(25-2)9(7-8)21(23)24/h5-7,12H,3-4H2,1-2H3,(H,19,22)(H2,18,20,26)/t12-/m1/s1. The predicted molar refractivity (Wildman–Crippen MR) is 106 cm³/mol. The molecule has 0 radical (unpaired) electrons. The highest BCUT2D eigenvalue weighted by molar-refractivity contribution is 7.80. The molecule has 1 aromatic carbocycles. The third kappa shape index (κ3) is 6.99. The van der Waals surface area contributed by atoms with Crippen molar-refractivity contribution in [3.8, 4) is 5.75 Å². The maximum Gasteiger partial charge on any atom is 0.312 e. The number of nitrogens with one attached hydrogen (secondary N) is 3. The highest BCUT2D eigenvalue weighted by atomic mass is 35.6. The Hall–Kier alpha value is -1.55. The summed E-state index contributed by atoms with van der Waals surface area (Å²) in [7, 11) is 1.33. The Kier molecular flexibility index (Phi) is 8.61. The van der Waals surface area contributed by atoms with E-state index in [2.05, 4.69) is 16.0 Å². The quantitative estimate of drug-likeness (QED) is 0.195. The highest BCUT2D eigenvalue weighted by Gasteiger charge is 2.34. The van der Waals surface area contributed by atoms with E-state index < -0.39 is 14.9 Å². The number of methoxy groups -OCH3 is 1. The van der Waals surface area contributed by atoms with Crippen LogP contribution in [0.4, 0.5) is 11.4 Å². The molecule has 12 heteroatoms. The van der Waals surface area contributed by atoms with Crippen molar-refractivity contribution in [1.29, 1.82) is 0 Å². The first-order chi connectivity index (χ1) is 12.1. The summed E-state index contributed by atoms with van der Waals surface area (Å²) in [6.07, 6.45) is -0.222. The van der Waals surface area contributed by atoms with Crippen LogP contribution in [0.25, 0.3) is 0 Å². The Morgan fingerprint density at radius 3 is 2.54 bits per heavy atom. The van der Waals surface area contributed by atoms with E-state index in [1.165, 1.54) is 25.3 Å². The number of thiocarbonyl (C=S) groups is 1. The van der Waals surface area contributed by atoms with Crippen molar-refractivity contribution in [2.24, 2.45) is 0 Å². The van der Waals surface area contributed by atoms with Gasteiger partial charge in [-0.2, -0.15) is 0 Å². The number of amides is 1. The molecule has 0 aliphatic heterocycles. The van der Waals surface area contributed by atoms with Crippen molar-refractivity contribution in [3.63, 3.8) is 0 Å². The molecule has 1 atom stereocenters. The van der Waals surface area contributed by atoms with Gasteiger partial charge in [-0.15, -0.1) is 0 Å². The second kappa shape index (κ2) is 9.96. The smallest absolute Gasteiger partial charge is 0.312 e. The van der Waals surface area contributed by atoms with Gasteiger partial charge in [-0.05, 0) is 30.8 Å². The van der Waals surface area contributed by atoms with Gasteiger partial charge in [0.2, 0.25) is 9.70 Å². The molecular formula is C14H17Cl3N4O4S. The fourth-order valence-corrected chi connectivity index (χ4v) is 2.43. The van der Waals surface area contributed by atoms with Gasteiger partial charge < -0.3 is 20.7 Å². The first-order valence-corrected chi connectivity index (χ1v) is 8.88. The molecule has 1 amide bonds. The molecule has 1 rings (SSSR count). The van der Waals surface area contributed by atoms with Gasteiger partial charge in [-0.3, -0.25) is 14.9 Å². The molecular weight excluding hydrogens is 427 g/mol. The summed E-state index contributed by atoms with van der Waals surface area (Å²) in [5, 5.41) is 19.0. The van der Waals surface area contributed by atoms with E-state index in [4.69, 9.17) is 51.8 Å². The summed E-state index contributed by atoms with van der Waals surface area (Å²) in [5.41, 5.74) is 0.0763. The van der Waals surface area contributed by atoms with Gasteiger partial charge in [0.05, 0.1) is 12.0 Å². The van der Waals surface area contributed by atoms with Crippen LogP contribution in [0, 0.1) is 10.1 Å². The number of ether oxygens (including phenoxy) is 1. The van der Waals surface area contributed by atoms with Crippen LogP contribution >= 0.6 is 47.0 Å². The lowest BCUT2D eigenvalue weighted by Crippen LogP contribution is -2.56. The number of halogens is 3. The number of carbonyl (C=O) groups is 1. The zero-order valence-electron chi connectivity index (χ0n) is 13.8. The lowest BCUT2D eigenvalue weighted by Gasteiger charge is -2.27. The molecule has 26 heavy (non-hydrogen) atoms. The first kappa shape index (κ1) is 22.5. The molecule has 0 heterocycles. The Balaban J connectivity index is 2.86. The normalized spacial score (nSPS) is 12.0. The molecule has 144 valence electrons. The van der Waals surface area contributed by atoms with E-state index in [1.54, 1.807) is 0 Å². The third-order valence-electron chi connectivity index (χ3n) is 3.02. The number of alkyl halides is 3. The number of carbonyl (C=O) groups excluding carboxylic acids is 1. The van der Waals surface area contributed by atoms with Crippen LogP contribution in [0.1, 0.15) is 19.8 Å². The van der Waals surface area contributed by atoms with Crippen LogP contribution in [0.15, 0.2) is 18.2 Å². The molecule has 0 aliphatic carbocycles. The highest BCUT2D eigenvalue weighted by Crippen LogP contribution is 2.31. The van der Waals surface area contributed by atoms with E-state index in [0.29, 0.717) is 12.1 Å². The molecule has 0 spiro atoms. The number of rotatable bonds is 7. The lowest BCUT2D eigenvalue weighted by molar-refractivity contribution is -0.385. The van der Waals surface area contributed by atoms with E-state index in [9.17, 15) is 14.9 Å². The number of anilines is 1. The van der Waals surface area contributed by atoms with Crippen LogP contribution in [-0.2, 0) is 4.79 Å². The second-order valence-electron chi connectivity index (χ2n) is 5.03. The van der Waals surface area contributed by atoms with Crippen molar-refractivity contribution in [2.75, 3.05) is 12.4 Å². The molecule has 0 aliphatic rings. The molecule has 0 fully saturated rings. The molecule has 0 bridgehead atoms. The zero-order valence-corrected chi connectivity index (χ0v) is 16.9. The van der Waals surface area contributed by atoms with E-state index in [-0.39, 0.29) is 28.9 Å². The Morgan fingerprint density at radius 1 is 1.38 bits per heavy atom. The lowest BCUT2D eigenvalue weighted by atomic mass is 10.2. The number of nitro groups is 1. The van der Waals surface area contributed by atoms with E-state index >= 15 is 0 Å². The van der Waals surface area contributed by atoms with Crippen molar-refractivity contribution in [3.05, 3.63) is 28.3 Å². The predicted octanol–water partition coefficient (Wildman–Crippen LogP) is 3.50. The Morgan fingerprint density at radius 2 is 2.04 bits per heavy atom. The van der Waals surface area contributed by atoms with Gasteiger partial charge in [0.1, 0.15) is 6.17 Å². The minimum atomic E-state index is -1.87. The van der Waals surface area contributed by atoms with Crippen LogP contribution < -0.4 is 20.7 Å². The van der Waals surface area contributed by atoms with Gasteiger partial charge in [-0.1, -0.05) is 41.7 Å². The average molecular weight is 444 g/mol. The number of nitro benzene ring substituents is 1. The van der Waals surface area contributed by atoms with Crippen molar-refractivity contribution >= 4 is 69.4 Å². The zero-order chi connectivity index (χ0) is 19.9. The first-order valence-electron chi connectivity index (χ1n) is 7.34. The monoisotopic (exact) mass is 442 g/mol. The molecule has 0 unspecified atom stereocenters. The van der Waals surface area contributed by atoms with Gasteiger partial charge in [-0.25, -0.2) is 0 Å². The fraction of sp³-hybridized carbons (Fsp3) is 0.429. The van der Waals surface area contributed by atoms with E-state index in [0.717, 1.165) is 0 Å². The summed E-state index contributed by atoms with van der Waals surface area (Å²) in [5.74, 6) is -0.218. The van der Waals surface area contributed by atoms with Crippen molar-refractivity contribution in [1.82, 2.24) is 10.6 Å². The Labute approximate surface area is 170 Å². The van der Waals surface area contributed by atoms with Crippen LogP contribution in [0.3, 0.4) is 0 Å². The number of benzene rings is 1. The largest absolute Gasteiger partial charge is 0.490 e. The number of hydrogen-bond donors (Lipinski definition) is 3. The second-order valence-corrected chi connectivity index (χ2v) is 7.81. The molecule has 0 aromatic heterocycles. The minimum absolute atomic E-state index is 0.00223. The van der Waals surface area contributed by atoms with Crippen molar-refractivity contribution in [2.45, 2.75) is 29.7 Å². The molecule has 0 saturated carbocycles. The fourth-order valence-electron chi connectivity index (χ4n) is 1.87. The topological polar surface area (TPSA) is 106 Å². The molecule has 1 aromatic rings. The number of nitrogens with zero attached hydrogens (tertiary/aromatic N) is 1. The molecule has 8 nitrogen and oxygen atoms in total. The SMILES string of the molecule is CCCC(=O)N[C@H](NC(=S)Nc1ccc(OC)c([N+](=O)[O-])c1)C(Cl)(Cl)Cl. The molecule has 0 saturated heterocycles. The number of hydrogen-bond acceptors (Lipinski definition) is 5. The summed E-state index contributed by atoms with van der Waals surface area (Å²) < 4.78 is 3.05. The summed E-state index contributed by atoms with van der Waals surface area (Å²) in [6, 6.07) is 4.19. The van der Waals surface area contributed by atoms with Gasteiger partial charge in [0.15, 0.2) is 10.9 Å². The third-order valence-corrected chi connectivity index (χ3v) is 3.89. The van der Waals surface area contributed by atoms with Gasteiger partial charge in [0.25, 0.3) is 0 Å². The maximum absolute atomic E-state index is 11.8.